The standard InChI is InChI=1S/C16H21N3O3S/c1-3-19(4-2)16(23(20,21)22)12-10-15(11-13-16)18-17-14-8-6-5-7-9-14/h5-13,15H,3-4H2,1-2H3,(H,20,21,22). The number of rotatable bonds is 6. The molecule has 1 aliphatic carbocycles. The first kappa shape index (κ1) is 17.5. The minimum atomic E-state index is -4.32. The summed E-state index contributed by atoms with van der Waals surface area (Å²) in [5.74, 6) is 0. The Kier molecular flexibility index (Phi) is 5.46. The van der Waals surface area contributed by atoms with Crippen LogP contribution in [0.3, 0.4) is 0 Å². The van der Waals surface area contributed by atoms with Crippen LogP contribution in [-0.4, -0.2) is 41.9 Å². The molecule has 0 saturated carbocycles. The maximum Gasteiger partial charge on any atom is 0.291 e. The fourth-order valence-electron chi connectivity index (χ4n) is 2.56. The van der Waals surface area contributed by atoms with Gasteiger partial charge in [0.1, 0.15) is 6.04 Å². The molecule has 0 radical (unpaired) electrons. The summed E-state index contributed by atoms with van der Waals surface area (Å²) >= 11 is 0. The van der Waals surface area contributed by atoms with Crippen molar-refractivity contribution in [3.63, 3.8) is 0 Å². The van der Waals surface area contributed by atoms with Gasteiger partial charge in [0, 0.05) is 0 Å². The Morgan fingerprint density at radius 3 is 2.17 bits per heavy atom. The molecule has 0 spiro atoms. The minimum Gasteiger partial charge on any atom is -0.284 e. The van der Waals surface area contributed by atoms with Crippen molar-refractivity contribution in [2.24, 2.45) is 10.2 Å². The van der Waals surface area contributed by atoms with Crippen LogP contribution in [0.4, 0.5) is 5.69 Å². The summed E-state index contributed by atoms with van der Waals surface area (Å²) in [7, 11) is -4.32. The lowest BCUT2D eigenvalue weighted by molar-refractivity contribution is 0.237. The van der Waals surface area contributed by atoms with Gasteiger partial charge < -0.3 is 0 Å². The molecule has 1 aliphatic rings. The summed E-state index contributed by atoms with van der Waals surface area (Å²) in [6, 6.07) is 8.93. The molecule has 2 rings (SSSR count). The van der Waals surface area contributed by atoms with Gasteiger partial charge in [0.05, 0.1) is 5.69 Å². The second kappa shape index (κ2) is 7.16. The van der Waals surface area contributed by atoms with Gasteiger partial charge in [0.15, 0.2) is 4.87 Å². The maximum atomic E-state index is 11.9. The third-order valence-electron chi connectivity index (χ3n) is 3.80. The molecule has 0 bridgehead atoms. The van der Waals surface area contributed by atoms with Crippen LogP contribution >= 0.6 is 0 Å². The van der Waals surface area contributed by atoms with Crippen molar-refractivity contribution in [1.82, 2.24) is 4.90 Å². The van der Waals surface area contributed by atoms with E-state index in [1.54, 1.807) is 17.1 Å². The highest BCUT2D eigenvalue weighted by Crippen LogP contribution is 2.29. The number of azo groups is 1. The van der Waals surface area contributed by atoms with Crippen LogP contribution in [0.15, 0.2) is 64.9 Å². The van der Waals surface area contributed by atoms with Crippen LogP contribution in [-0.2, 0) is 10.1 Å². The van der Waals surface area contributed by atoms with E-state index in [0.717, 1.165) is 5.69 Å². The van der Waals surface area contributed by atoms with Crippen LogP contribution < -0.4 is 0 Å². The number of hydrogen-bond acceptors (Lipinski definition) is 5. The van der Waals surface area contributed by atoms with Crippen LogP contribution in [0.2, 0.25) is 0 Å². The molecule has 0 saturated heterocycles. The highest BCUT2D eigenvalue weighted by atomic mass is 32.2. The van der Waals surface area contributed by atoms with E-state index in [9.17, 15) is 13.0 Å². The Balaban J connectivity index is 2.24. The van der Waals surface area contributed by atoms with Crippen LogP contribution in [0.5, 0.6) is 0 Å². The highest BCUT2D eigenvalue weighted by Gasteiger charge is 2.44. The molecule has 0 aromatic heterocycles. The molecular weight excluding hydrogens is 314 g/mol. The van der Waals surface area contributed by atoms with Crippen molar-refractivity contribution in [2.45, 2.75) is 24.8 Å². The van der Waals surface area contributed by atoms with E-state index < -0.39 is 15.0 Å². The first-order valence-corrected chi connectivity index (χ1v) is 8.93. The molecule has 7 heteroatoms. The Labute approximate surface area is 137 Å². The van der Waals surface area contributed by atoms with Crippen molar-refractivity contribution < 1.29 is 13.0 Å². The summed E-state index contributed by atoms with van der Waals surface area (Å²) in [5, 5.41) is 8.29. The molecule has 124 valence electrons. The topological polar surface area (TPSA) is 82.3 Å². The first-order chi connectivity index (χ1) is 10.9. The molecule has 0 aliphatic heterocycles. The third-order valence-corrected chi connectivity index (χ3v) is 5.15. The summed E-state index contributed by atoms with van der Waals surface area (Å²) in [6.07, 6.45) is 6.23. The van der Waals surface area contributed by atoms with E-state index in [-0.39, 0.29) is 6.04 Å². The maximum absolute atomic E-state index is 11.9. The van der Waals surface area contributed by atoms with E-state index >= 15 is 0 Å². The van der Waals surface area contributed by atoms with Gasteiger partial charge in [-0.2, -0.15) is 18.6 Å². The fraction of sp³-hybridized carbons (Fsp3) is 0.375. The smallest absolute Gasteiger partial charge is 0.284 e. The molecule has 6 nitrogen and oxygen atoms in total. The zero-order chi connectivity index (χ0) is 16.9. The first-order valence-electron chi connectivity index (χ1n) is 7.49. The Morgan fingerprint density at radius 1 is 1.13 bits per heavy atom. The second-order valence-corrected chi connectivity index (χ2v) is 6.76. The molecule has 1 N–H and O–H groups in total. The van der Waals surface area contributed by atoms with Crippen molar-refractivity contribution in [3.05, 3.63) is 54.6 Å². The fourth-order valence-corrected chi connectivity index (χ4v) is 3.65. The highest BCUT2D eigenvalue weighted by molar-refractivity contribution is 7.87. The third kappa shape index (κ3) is 3.74. The summed E-state index contributed by atoms with van der Waals surface area (Å²) < 4.78 is 33.5. The van der Waals surface area contributed by atoms with Gasteiger partial charge >= 0.3 is 0 Å². The average molecular weight is 335 g/mol. The van der Waals surface area contributed by atoms with E-state index in [1.807, 2.05) is 44.2 Å². The number of hydrogen-bond donors (Lipinski definition) is 1. The number of benzene rings is 1. The molecule has 0 fully saturated rings. The lowest BCUT2D eigenvalue weighted by Crippen LogP contribution is -2.52. The molecule has 0 amide bonds. The monoisotopic (exact) mass is 335 g/mol. The zero-order valence-electron chi connectivity index (χ0n) is 13.2. The Hall–Kier alpha value is -1.83. The summed E-state index contributed by atoms with van der Waals surface area (Å²) in [6.45, 7) is 4.67. The van der Waals surface area contributed by atoms with Gasteiger partial charge in [-0.3, -0.25) is 9.45 Å². The quantitative estimate of drug-likeness (QED) is 0.492. The lowest BCUT2D eigenvalue weighted by atomic mass is 10.1. The summed E-state index contributed by atoms with van der Waals surface area (Å²) in [4.78, 5) is 0.134. The van der Waals surface area contributed by atoms with Gasteiger partial charge in [-0.1, -0.05) is 44.2 Å². The molecule has 23 heavy (non-hydrogen) atoms. The van der Waals surface area contributed by atoms with Gasteiger partial charge in [-0.15, -0.1) is 0 Å². The predicted molar refractivity (Wildman–Crippen MR) is 90.2 cm³/mol. The van der Waals surface area contributed by atoms with Crippen LogP contribution in [0.25, 0.3) is 0 Å². The van der Waals surface area contributed by atoms with Gasteiger partial charge in [0.25, 0.3) is 10.1 Å². The predicted octanol–water partition coefficient (Wildman–Crippen LogP) is 3.19. The van der Waals surface area contributed by atoms with Gasteiger partial charge in [0.2, 0.25) is 0 Å². The van der Waals surface area contributed by atoms with E-state index in [2.05, 4.69) is 10.2 Å². The number of likely N-dealkylation sites (N-methyl/N-ethyl adjacent to an activating group) is 1. The summed E-state index contributed by atoms with van der Waals surface area (Å²) in [5.41, 5.74) is 0.727. The normalized spacial score (nSPS) is 24.6. The van der Waals surface area contributed by atoms with Crippen molar-refractivity contribution in [2.75, 3.05) is 13.1 Å². The van der Waals surface area contributed by atoms with E-state index in [1.165, 1.54) is 12.2 Å². The van der Waals surface area contributed by atoms with E-state index in [0.29, 0.717) is 13.1 Å². The Bertz CT molecular complexity index is 693. The van der Waals surface area contributed by atoms with Crippen LogP contribution in [0.1, 0.15) is 13.8 Å². The van der Waals surface area contributed by atoms with Gasteiger partial charge in [-0.05, 0) is 37.4 Å². The lowest BCUT2D eigenvalue weighted by Gasteiger charge is -2.37. The van der Waals surface area contributed by atoms with Crippen molar-refractivity contribution >= 4 is 15.8 Å². The SMILES string of the molecule is CCN(CC)C1(S(=O)(=O)O)C=CC(N=Nc2ccccc2)C=C1. The molecule has 0 heterocycles. The largest absolute Gasteiger partial charge is 0.291 e. The molecule has 1 aromatic rings. The van der Waals surface area contributed by atoms with Gasteiger partial charge in [-0.25, -0.2) is 0 Å². The van der Waals surface area contributed by atoms with Crippen molar-refractivity contribution in [1.29, 1.82) is 0 Å². The molecule has 0 atom stereocenters. The Morgan fingerprint density at radius 2 is 1.70 bits per heavy atom. The van der Waals surface area contributed by atoms with Crippen LogP contribution in [0, 0.1) is 0 Å². The molecular formula is C16H21N3O3S. The van der Waals surface area contributed by atoms with Crippen molar-refractivity contribution in [3.8, 4) is 0 Å². The second-order valence-electron chi connectivity index (χ2n) is 5.16. The average Bonchev–Trinajstić information content (AvgIpc) is 2.55. The molecule has 1 aromatic carbocycles. The zero-order valence-corrected chi connectivity index (χ0v) is 14.0. The molecule has 0 unspecified atom stereocenters. The minimum absolute atomic E-state index is 0.361. The van der Waals surface area contributed by atoms with E-state index in [4.69, 9.17) is 0 Å². The number of nitrogens with zero attached hydrogens (tertiary/aromatic N) is 3.